The summed E-state index contributed by atoms with van der Waals surface area (Å²) in [5, 5.41) is 15.7. The Morgan fingerprint density at radius 2 is 2.30 bits per heavy atom. The summed E-state index contributed by atoms with van der Waals surface area (Å²) in [6, 6.07) is 6.70. The van der Waals surface area contributed by atoms with Gasteiger partial charge in [-0.15, -0.1) is 11.3 Å². The molecular formula is C12H8BrN3O3S. The minimum Gasteiger partial charge on any atom is -0.424 e. The summed E-state index contributed by atoms with van der Waals surface area (Å²) in [6.45, 7) is 0.588. The van der Waals surface area contributed by atoms with Crippen molar-refractivity contribution in [3.05, 3.63) is 49.1 Å². The lowest BCUT2D eigenvalue weighted by molar-refractivity contribution is -0.384. The number of rotatable bonds is 4. The Labute approximate surface area is 125 Å². The van der Waals surface area contributed by atoms with Gasteiger partial charge in [-0.2, -0.15) is 4.98 Å². The van der Waals surface area contributed by atoms with Gasteiger partial charge in [0.25, 0.3) is 11.7 Å². The Morgan fingerprint density at radius 3 is 3.00 bits per heavy atom. The highest BCUT2D eigenvalue weighted by atomic mass is 79.9. The van der Waals surface area contributed by atoms with E-state index in [0.29, 0.717) is 23.7 Å². The fraction of sp³-hybridized carbons (Fsp3) is 0.0833. The van der Waals surface area contributed by atoms with E-state index in [4.69, 9.17) is 4.42 Å². The van der Waals surface area contributed by atoms with E-state index in [9.17, 15) is 10.1 Å². The second-order valence-corrected chi connectivity index (χ2v) is 5.92. The van der Waals surface area contributed by atoms with Crippen molar-refractivity contribution in [2.24, 2.45) is 0 Å². The molecule has 2 aromatic heterocycles. The Morgan fingerprint density at radius 1 is 1.45 bits per heavy atom. The first-order chi connectivity index (χ1) is 9.61. The molecule has 3 rings (SSSR count). The lowest BCUT2D eigenvalue weighted by Crippen LogP contribution is -1.96. The maximum absolute atomic E-state index is 10.7. The maximum Gasteiger partial charge on any atom is 0.295 e. The Bertz CT molecular complexity index is 783. The predicted molar refractivity (Wildman–Crippen MR) is 80.0 cm³/mol. The second kappa shape index (κ2) is 5.22. The Balaban J connectivity index is 1.80. The molecule has 0 amide bonds. The molecule has 0 fully saturated rings. The number of fused-ring (bicyclic) bond motifs is 1. The molecular weight excluding hydrogens is 346 g/mol. The molecule has 0 aliphatic rings. The first kappa shape index (κ1) is 13.1. The number of hydrogen-bond acceptors (Lipinski definition) is 6. The van der Waals surface area contributed by atoms with Crippen molar-refractivity contribution in [1.82, 2.24) is 4.98 Å². The molecule has 1 N–H and O–H groups in total. The zero-order chi connectivity index (χ0) is 14.1. The van der Waals surface area contributed by atoms with Gasteiger partial charge in [0.05, 0.1) is 11.5 Å². The largest absolute Gasteiger partial charge is 0.424 e. The van der Waals surface area contributed by atoms with E-state index < -0.39 is 4.92 Å². The normalized spacial score (nSPS) is 10.8. The van der Waals surface area contributed by atoms with Gasteiger partial charge in [0, 0.05) is 26.9 Å². The number of nitro benzene ring substituents is 1. The standard InChI is InChI=1S/C12H8BrN3O3S/c13-7-3-9(20-6-7)5-14-12-15-10-4-8(16(17)18)1-2-11(10)19-12/h1-4,6H,5H2,(H,14,15). The molecule has 1 aromatic carbocycles. The van der Waals surface area contributed by atoms with E-state index in [1.165, 1.54) is 12.1 Å². The lowest BCUT2D eigenvalue weighted by atomic mass is 10.3. The molecule has 0 bridgehead atoms. The molecule has 2 heterocycles. The molecule has 0 aliphatic heterocycles. The third-order valence-electron chi connectivity index (χ3n) is 2.62. The number of thiophene rings is 1. The zero-order valence-electron chi connectivity index (χ0n) is 10.00. The van der Waals surface area contributed by atoms with Crippen LogP contribution in [0, 0.1) is 10.1 Å². The lowest BCUT2D eigenvalue weighted by Gasteiger charge is -1.97. The zero-order valence-corrected chi connectivity index (χ0v) is 12.4. The molecule has 0 saturated carbocycles. The SMILES string of the molecule is O=[N+]([O-])c1ccc2oc(NCc3cc(Br)cs3)nc2c1. The molecule has 0 saturated heterocycles. The van der Waals surface area contributed by atoms with Crippen LogP contribution in [-0.2, 0) is 6.54 Å². The van der Waals surface area contributed by atoms with E-state index in [-0.39, 0.29) is 5.69 Å². The molecule has 20 heavy (non-hydrogen) atoms. The molecule has 0 atom stereocenters. The van der Waals surface area contributed by atoms with E-state index in [1.807, 2.05) is 11.4 Å². The van der Waals surface area contributed by atoms with Gasteiger partial charge in [-0.3, -0.25) is 10.1 Å². The van der Waals surface area contributed by atoms with Crippen molar-refractivity contribution in [2.45, 2.75) is 6.54 Å². The molecule has 0 radical (unpaired) electrons. The average Bonchev–Trinajstić information content (AvgIpc) is 3.00. The molecule has 3 aromatic rings. The summed E-state index contributed by atoms with van der Waals surface area (Å²) in [7, 11) is 0. The van der Waals surface area contributed by atoms with Crippen LogP contribution in [0.2, 0.25) is 0 Å². The van der Waals surface area contributed by atoms with Crippen LogP contribution in [0.25, 0.3) is 11.1 Å². The summed E-state index contributed by atoms with van der Waals surface area (Å²) in [4.78, 5) is 15.6. The number of oxazole rings is 1. The molecule has 6 nitrogen and oxygen atoms in total. The average molecular weight is 354 g/mol. The van der Waals surface area contributed by atoms with Crippen molar-refractivity contribution in [2.75, 3.05) is 5.32 Å². The number of aromatic nitrogens is 1. The number of nitrogens with zero attached hydrogens (tertiary/aromatic N) is 2. The van der Waals surface area contributed by atoms with Gasteiger partial charge in [-0.1, -0.05) is 0 Å². The number of non-ortho nitro benzene ring substituents is 1. The summed E-state index contributed by atoms with van der Waals surface area (Å²) in [5.74, 6) is 0. The van der Waals surface area contributed by atoms with Crippen LogP contribution in [0.15, 0.2) is 38.5 Å². The van der Waals surface area contributed by atoms with Gasteiger partial charge in [-0.05, 0) is 28.1 Å². The molecule has 8 heteroatoms. The maximum atomic E-state index is 10.7. The fourth-order valence-electron chi connectivity index (χ4n) is 1.71. The van der Waals surface area contributed by atoms with E-state index >= 15 is 0 Å². The topological polar surface area (TPSA) is 81.2 Å². The first-order valence-electron chi connectivity index (χ1n) is 5.63. The number of halogens is 1. The molecule has 0 aliphatic carbocycles. The van der Waals surface area contributed by atoms with E-state index in [1.54, 1.807) is 17.4 Å². The van der Waals surface area contributed by atoms with Crippen molar-refractivity contribution >= 4 is 50.1 Å². The Kier molecular flexibility index (Phi) is 3.41. The minimum atomic E-state index is -0.454. The molecule has 102 valence electrons. The van der Waals surface area contributed by atoms with Crippen molar-refractivity contribution in [3.8, 4) is 0 Å². The Hall–Kier alpha value is -1.93. The van der Waals surface area contributed by atoms with E-state index in [0.717, 1.165) is 9.35 Å². The highest BCUT2D eigenvalue weighted by Crippen LogP contribution is 2.25. The summed E-state index contributed by atoms with van der Waals surface area (Å²) >= 11 is 5.00. The van der Waals surface area contributed by atoms with Gasteiger partial charge < -0.3 is 9.73 Å². The van der Waals surface area contributed by atoms with E-state index in [2.05, 4.69) is 26.2 Å². The summed E-state index contributed by atoms with van der Waals surface area (Å²) in [6.07, 6.45) is 0. The fourth-order valence-corrected chi connectivity index (χ4v) is 3.10. The third-order valence-corrected chi connectivity index (χ3v) is 4.32. The number of hydrogen-bond donors (Lipinski definition) is 1. The number of nitrogens with one attached hydrogen (secondary N) is 1. The van der Waals surface area contributed by atoms with Crippen LogP contribution in [0.3, 0.4) is 0 Å². The summed E-state index contributed by atoms with van der Waals surface area (Å²) < 4.78 is 6.51. The highest BCUT2D eigenvalue weighted by Gasteiger charge is 2.11. The van der Waals surface area contributed by atoms with Gasteiger partial charge in [0.1, 0.15) is 5.52 Å². The molecule has 0 unspecified atom stereocenters. The van der Waals surface area contributed by atoms with Gasteiger partial charge in [-0.25, -0.2) is 0 Å². The van der Waals surface area contributed by atoms with Crippen molar-refractivity contribution in [3.63, 3.8) is 0 Å². The van der Waals surface area contributed by atoms with Crippen molar-refractivity contribution in [1.29, 1.82) is 0 Å². The van der Waals surface area contributed by atoms with Crippen LogP contribution in [0.4, 0.5) is 11.7 Å². The van der Waals surface area contributed by atoms with Crippen LogP contribution >= 0.6 is 27.3 Å². The smallest absolute Gasteiger partial charge is 0.295 e. The van der Waals surface area contributed by atoms with Crippen LogP contribution < -0.4 is 5.32 Å². The number of nitro groups is 1. The van der Waals surface area contributed by atoms with Crippen molar-refractivity contribution < 1.29 is 9.34 Å². The van der Waals surface area contributed by atoms with Gasteiger partial charge in [0.2, 0.25) is 0 Å². The summed E-state index contributed by atoms with van der Waals surface area (Å²) in [5.41, 5.74) is 0.985. The quantitative estimate of drug-likeness (QED) is 0.562. The van der Waals surface area contributed by atoms with Crippen LogP contribution in [-0.4, -0.2) is 9.91 Å². The van der Waals surface area contributed by atoms with Gasteiger partial charge >= 0.3 is 0 Å². The first-order valence-corrected chi connectivity index (χ1v) is 7.31. The minimum absolute atomic E-state index is 0.000428. The number of anilines is 1. The second-order valence-electron chi connectivity index (χ2n) is 4.01. The van der Waals surface area contributed by atoms with Gasteiger partial charge in [0.15, 0.2) is 5.58 Å². The third kappa shape index (κ3) is 2.66. The monoisotopic (exact) mass is 353 g/mol. The predicted octanol–water partition coefficient (Wildman–Crippen LogP) is 4.17. The molecule has 0 spiro atoms. The van der Waals surface area contributed by atoms with Crippen LogP contribution in [0.5, 0.6) is 0 Å². The van der Waals surface area contributed by atoms with Crippen LogP contribution in [0.1, 0.15) is 4.88 Å². The highest BCUT2D eigenvalue weighted by molar-refractivity contribution is 9.10. The number of benzene rings is 1.